The van der Waals surface area contributed by atoms with Crippen LogP contribution in [0.4, 0.5) is 5.69 Å². The normalized spacial score (nSPS) is 17.9. The molecule has 0 radical (unpaired) electrons. The zero-order valence-electron chi connectivity index (χ0n) is 12.9. The molecule has 2 heterocycles. The monoisotopic (exact) mass is 341 g/mol. The highest BCUT2D eigenvalue weighted by Crippen LogP contribution is 2.33. The number of likely N-dealkylation sites (N-methyl/N-ethyl adjacent to an activating group) is 1. The number of aromatic amines is 1. The predicted octanol–water partition coefficient (Wildman–Crippen LogP) is 3.34. The van der Waals surface area contributed by atoms with Gasteiger partial charge in [0.2, 0.25) is 0 Å². The summed E-state index contributed by atoms with van der Waals surface area (Å²) in [5.74, 6) is -1.11. The summed E-state index contributed by atoms with van der Waals surface area (Å²) in [4.78, 5) is 33.2. The van der Waals surface area contributed by atoms with Gasteiger partial charge in [-0.05, 0) is 55.1 Å². The first-order valence-electron chi connectivity index (χ1n) is 7.35. The fourth-order valence-corrected chi connectivity index (χ4v) is 3.32. The van der Waals surface area contributed by atoms with Crippen molar-refractivity contribution in [3.8, 4) is 0 Å². The van der Waals surface area contributed by atoms with E-state index < -0.39 is 5.97 Å². The van der Waals surface area contributed by atoms with Crippen molar-refractivity contribution in [2.24, 2.45) is 4.99 Å². The van der Waals surface area contributed by atoms with E-state index in [0.717, 1.165) is 5.69 Å². The first kappa shape index (κ1) is 16.1. The van der Waals surface area contributed by atoms with Crippen molar-refractivity contribution >= 4 is 40.6 Å². The third-order valence-corrected chi connectivity index (χ3v) is 4.44. The molecule has 0 aliphatic carbocycles. The molecule has 3 rings (SSSR count). The third kappa shape index (κ3) is 3.26. The van der Waals surface area contributed by atoms with Crippen LogP contribution in [-0.4, -0.2) is 38.6 Å². The summed E-state index contributed by atoms with van der Waals surface area (Å²) in [6.45, 7) is 2.37. The van der Waals surface area contributed by atoms with Crippen LogP contribution in [0.25, 0.3) is 6.08 Å². The number of rotatable bonds is 4. The van der Waals surface area contributed by atoms with Crippen molar-refractivity contribution < 1.29 is 14.7 Å². The van der Waals surface area contributed by atoms with Gasteiger partial charge in [-0.25, -0.2) is 9.79 Å². The van der Waals surface area contributed by atoms with Crippen LogP contribution in [0.15, 0.2) is 52.5 Å². The van der Waals surface area contributed by atoms with E-state index in [0.29, 0.717) is 22.3 Å². The molecule has 1 aromatic carbocycles. The number of aromatic carboxylic acids is 1. The molecular weight excluding hydrogens is 326 g/mol. The largest absolute Gasteiger partial charge is 0.478 e. The second kappa shape index (κ2) is 6.76. The molecule has 122 valence electrons. The van der Waals surface area contributed by atoms with Crippen molar-refractivity contribution in [2.75, 3.05) is 6.54 Å². The minimum absolute atomic E-state index is 0.106. The molecule has 24 heavy (non-hydrogen) atoms. The maximum atomic E-state index is 12.5. The molecule has 0 bridgehead atoms. The second-order valence-corrected chi connectivity index (χ2v) is 6.04. The van der Waals surface area contributed by atoms with E-state index >= 15 is 0 Å². The Morgan fingerprint density at radius 3 is 2.88 bits per heavy atom. The van der Waals surface area contributed by atoms with Crippen molar-refractivity contribution in [1.29, 1.82) is 0 Å². The van der Waals surface area contributed by atoms with E-state index in [1.54, 1.807) is 29.3 Å². The summed E-state index contributed by atoms with van der Waals surface area (Å²) in [5.41, 5.74) is 1.51. The number of thioether (sulfide) groups is 1. The number of nitrogens with one attached hydrogen (secondary N) is 1. The minimum Gasteiger partial charge on any atom is -0.478 e. The second-order valence-electron chi connectivity index (χ2n) is 5.04. The summed E-state index contributed by atoms with van der Waals surface area (Å²) < 4.78 is 0. The van der Waals surface area contributed by atoms with E-state index in [9.17, 15) is 9.59 Å². The Balaban J connectivity index is 1.94. The summed E-state index contributed by atoms with van der Waals surface area (Å²) in [6, 6.07) is 10.1. The number of hydrogen-bond donors (Lipinski definition) is 2. The number of carboxylic acids is 1. The highest BCUT2D eigenvalue weighted by Gasteiger charge is 2.32. The Hall–Kier alpha value is -2.80. The molecule has 2 aromatic rings. The molecule has 1 aromatic heterocycles. The van der Waals surface area contributed by atoms with Gasteiger partial charge in [-0.1, -0.05) is 6.07 Å². The lowest BCUT2D eigenvalue weighted by atomic mass is 10.2. The van der Waals surface area contributed by atoms with Crippen molar-refractivity contribution in [3.05, 3.63) is 58.8 Å². The Labute approximate surface area is 142 Å². The van der Waals surface area contributed by atoms with Crippen LogP contribution in [0.1, 0.15) is 23.0 Å². The molecule has 0 saturated carbocycles. The third-order valence-electron chi connectivity index (χ3n) is 3.43. The lowest BCUT2D eigenvalue weighted by Gasteiger charge is -2.12. The molecule has 0 atom stereocenters. The average Bonchev–Trinajstić information content (AvgIpc) is 3.17. The molecular formula is C17H15N3O3S. The average molecular weight is 341 g/mol. The maximum Gasteiger partial charge on any atom is 0.335 e. The molecule has 1 aliphatic heterocycles. The smallest absolute Gasteiger partial charge is 0.335 e. The molecule has 0 spiro atoms. The van der Waals surface area contributed by atoms with E-state index in [-0.39, 0.29) is 11.5 Å². The van der Waals surface area contributed by atoms with Crippen LogP contribution in [0.3, 0.4) is 0 Å². The van der Waals surface area contributed by atoms with Gasteiger partial charge in [0, 0.05) is 18.4 Å². The van der Waals surface area contributed by atoms with Gasteiger partial charge in [-0.15, -0.1) is 0 Å². The van der Waals surface area contributed by atoms with Crippen LogP contribution < -0.4 is 0 Å². The van der Waals surface area contributed by atoms with Crippen molar-refractivity contribution in [1.82, 2.24) is 9.88 Å². The zero-order chi connectivity index (χ0) is 17.1. The van der Waals surface area contributed by atoms with Gasteiger partial charge in [0.25, 0.3) is 5.91 Å². The summed E-state index contributed by atoms with van der Waals surface area (Å²) in [7, 11) is 0. The Morgan fingerprint density at radius 2 is 2.21 bits per heavy atom. The maximum absolute atomic E-state index is 12.5. The summed E-state index contributed by atoms with van der Waals surface area (Å²) >= 11 is 1.28. The highest BCUT2D eigenvalue weighted by molar-refractivity contribution is 8.18. The standard InChI is InChI=1S/C17H15N3O3S/c1-2-20-15(21)14(10-12-7-4-8-18-12)24-17(20)19-13-6-3-5-11(9-13)16(22)23/h3-10,18H,2H2,1H3,(H,22,23)/b14-10+,19-17?. The molecule has 1 aliphatic rings. The molecule has 7 heteroatoms. The minimum atomic E-state index is -1.01. The SMILES string of the molecule is CCN1C(=O)/C(=C\c2ccc[nH]2)SC1=Nc1cccc(C(=O)O)c1. The number of benzene rings is 1. The van der Waals surface area contributed by atoms with Crippen LogP contribution in [0.2, 0.25) is 0 Å². The number of hydrogen-bond acceptors (Lipinski definition) is 4. The van der Waals surface area contributed by atoms with E-state index in [4.69, 9.17) is 5.11 Å². The highest BCUT2D eigenvalue weighted by atomic mass is 32.2. The molecule has 1 fully saturated rings. The number of aliphatic imine (C=N–C) groups is 1. The number of nitrogens with zero attached hydrogens (tertiary/aromatic N) is 2. The number of carbonyl (C=O) groups excluding carboxylic acids is 1. The van der Waals surface area contributed by atoms with Crippen molar-refractivity contribution in [3.63, 3.8) is 0 Å². The van der Waals surface area contributed by atoms with E-state index in [2.05, 4.69) is 9.98 Å². The summed E-state index contributed by atoms with van der Waals surface area (Å²) in [6.07, 6.45) is 3.58. The Bertz CT molecular complexity index is 841. The lowest BCUT2D eigenvalue weighted by molar-refractivity contribution is -0.122. The predicted molar refractivity (Wildman–Crippen MR) is 94.2 cm³/mol. The molecule has 1 amide bonds. The topological polar surface area (TPSA) is 85.8 Å². The first-order valence-corrected chi connectivity index (χ1v) is 8.17. The first-order chi connectivity index (χ1) is 11.6. The fraction of sp³-hybridized carbons (Fsp3) is 0.118. The lowest BCUT2D eigenvalue weighted by Crippen LogP contribution is -2.28. The molecule has 6 nitrogen and oxygen atoms in total. The van der Waals surface area contributed by atoms with E-state index in [1.807, 2.05) is 19.1 Å². The number of carboxylic acid groups (broad SMARTS) is 1. The van der Waals surface area contributed by atoms with Gasteiger partial charge >= 0.3 is 5.97 Å². The van der Waals surface area contributed by atoms with Gasteiger partial charge in [0.15, 0.2) is 5.17 Å². The fourth-order valence-electron chi connectivity index (χ4n) is 2.26. The summed E-state index contributed by atoms with van der Waals surface area (Å²) in [5, 5.41) is 9.61. The van der Waals surface area contributed by atoms with Gasteiger partial charge in [0.05, 0.1) is 16.2 Å². The van der Waals surface area contributed by atoms with Crippen LogP contribution >= 0.6 is 11.8 Å². The number of amidine groups is 1. The molecule has 2 N–H and O–H groups in total. The number of H-pyrrole nitrogens is 1. The van der Waals surface area contributed by atoms with E-state index in [1.165, 1.54) is 23.9 Å². The molecule has 1 saturated heterocycles. The van der Waals surface area contributed by atoms with Gasteiger partial charge in [0.1, 0.15) is 0 Å². The Kier molecular flexibility index (Phi) is 4.52. The van der Waals surface area contributed by atoms with Gasteiger partial charge in [-0.3, -0.25) is 9.69 Å². The molecule has 0 unspecified atom stereocenters. The van der Waals surface area contributed by atoms with Crippen LogP contribution in [-0.2, 0) is 4.79 Å². The quantitative estimate of drug-likeness (QED) is 0.835. The zero-order valence-corrected chi connectivity index (χ0v) is 13.7. The van der Waals surface area contributed by atoms with Crippen LogP contribution in [0, 0.1) is 0 Å². The van der Waals surface area contributed by atoms with Crippen molar-refractivity contribution in [2.45, 2.75) is 6.92 Å². The number of amides is 1. The number of aromatic nitrogens is 1. The Morgan fingerprint density at radius 1 is 1.38 bits per heavy atom. The van der Waals surface area contributed by atoms with Gasteiger partial charge < -0.3 is 10.1 Å². The van der Waals surface area contributed by atoms with Gasteiger partial charge in [-0.2, -0.15) is 0 Å². The van der Waals surface area contributed by atoms with Crippen LogP contribution in [0.5, 0.6) is 0 Å². The number of carbonyl (C=O) groups is 2.